The molecule has 1 nitrogen and oxygen atoms in total. The molecule has 0 rings (SSSR count). The van der Waals surface area contributed by atoms with Gasteiger partial charge in [-0.3, -0.25) is 4.90 Å². The summed E-state index contributed by atoms with van der Waals surface area (Å²) in [6.45, 7) is 5.20. The molecular weight excluding hydrogens is 179 g/mol. The molecule has 78 valence electrons. The van der Waals surface area contributed by atoms with Crippen LogP contribution in [0.4, 0.5) is 13.2 Å². The fourth-order valence-corrected chi connectivity index (χ4v) is 1.04. The normalized spacial score (nSPS) is 12.2. The molecule has 0 atom stereocenters. The van der Waals surface area contributed by atoms with Crippen LogP contribution < -0.4 is 0 Å². The highest BCUT2D eigenvalue weighted by Crippen LogP contribution is 2.15. The first-order valence-electron chi connectivity index (χ1n) is 4.21. The van der Waals surface area contributed by atoms with Crippen molar-refractivity contribution in [3.63, 3.8) is 0 Å². The lowest BCUT2D eigenvalue weighted by molar-refractivity contribution is -0.143. The van der Waals surface area contributed by atoms with Crippen molar-refractivity contribution >= 4 is 0 Å². The van der Waals surface area contributed by atoms with Crippen LogP contribution in [0.2, 0.25) is 0 Å². The topological polar surface area (TPSA) is 3.24 Å². The number of rotatable bonds is 5. The smallest absolute Gasteiger partial charge is 0.298 e. The highest BCUT2D eigenvalue weighted by molar-refractivity contribution is 4.87. The first-order valence-corrected chi connectivity index (χ1v) is 4.21. The van der Waals surface area contributed by atoms with Gasteiger partial charge in [-0.25, -0.2) is 0 Å². The van der Waals surface area contributed by atoms with Gasteiger partial charge in [-0.05, 0) is 33.4 Å². The van der Waals surface area contributed by atoms with Crippen LogP contribution >= 0.6 is 0 Å². The van der Waals surface area contributed by atoms with Gasteiger partial charge in [0.15, 0.2) is 0 Å². The zero-order valence-electron chi connectivity index (χ0n) is 8.12. The number of hydrogen-bond donors (Lipinski definition) is 0. The molecule has 0 amide bonds. The Morgan fingerprint density at radius 1 is 1.38 bits per heavy atom. The summed E-state index contributed by atoms with van der Waals surface area (Å²) < 4.78 is 35.5. The van der Waals surface area contributed by atoms with Crippen molar-refractivity contribution in [2.75, 3.05) is 20.1 Å². The molecule has 0 spiro atoms. The van der Waals surface area contributed by atoms with Crippen molar-refractivity contribution in [1.82, 2.24) is 4.90 Å². The number of allylic oxidation sites excluding steroid dienone is 1. The second-order valence-electron chi connectivity index (χ2n) is 3.41. The lowest BCUT2D eigenvalue weighted by atomic mass is 10.2. The van der Waals surface area contributed by atoms with Crippen molar-refractivity contribution in [3.8, 4) is 0 Å². The molecule has 0 fully saturated rings. The molecule has 0 heterocycles. The molecule has 0 aromatic carbocycles. The van der Waals surface area contributed by atoms with Crippen LogP contribution in [0, 0.1) is 0 Å². The van der Waals surface area contributed by atoms with E-state index in [1.807, 2.05) is 6.92 Å². The van der Waals surface area contributed by atoms with Crippen molar-refractivity contribution in [2.24, 2.45) is 0 Å². The highest BCUT2D eigenvalue weighted by Gasteiger charge is 2.28. The highest BCUT2D eigenvalue weighted by atomic mass is 19.4. The summed E-state index contributed by atoms with van der Waals surface area (Å²) in [4.78, 5) is 1.28. The lowest BCUT2D eigenvalue weighted by Gasteiger charge is -2.18. The summed E-state index contributed by atoms with van der Waals surface area (Å²) in [5.74, 6) is 0. The van der Waals surface area contributed by atoms with Crippen LogP contribution in [0.15, 0.2) is 12.2 Å². The summed E-state index contributed by atoms with van der Waals surface area (Å²) in [6.07, 6.45) is -2.55. The van der Waals surface area contributed by atoms with Crippen LogP contribution in [0.1, 0.15) is 19.8 Å². The Bertz CT molecular complexity index is 163. The van der Waals surface area contributed by atoms with Gasteiger partial charge in [-0.2, -0.15) is 13.2 Å². The molecule has 0 radical (unpaired) electrons. The maximum absolute atomic E-state index is 11.8. The predicted octanol–water partition coefficient (Wildman–Crippen LogP) is 2.84. The third-order valence-corrected chi connectivity index (χ3v) is 1.59. The molecule has 13 heavy (non-hydrogen) atoms. The first-order chi connectivity index (χ1) is 5.81. The SMILES string of the molecule is C=C(C)CCCN(C)CC(F)(F)F. The molecule has 0 N–H and O–H groups in total. The number of halogens is 3. The standard InChI is InChI=1S/C9H16F3N/c1-8(2)5-4-6-13(3)7-9(10,11)12/h1,4-7H2,2-3H3. The Labute approximate surface area is 77.2 Å². The monoisotopic (exact) mass is 195 g/mol. The average Bonchev–Trinajstić information content (AvgIpc) is 1.81. The molecular formula is C9H16F3N. The van der Waals surface area contributed by atoms with Gasteiger partial charge in [0, 0.05) is 0 Å². The zero-order chi connectivity index (χ0) is 10.5. The van der Waals surface area contributed by atoms with Crippen molar-refractivity contribution in [3.05, 3.63) is 12.2 Å². The maximum Gasteiger partial charge on any atom is 0.401 e. The van der Waals surface area contributed by atoms with E-state index in [0.717, 1.165) is 18.4 Å². The molecule has 4 heteroatoms. The van der Waals surface area contributed by atoms with Crippen molar-refractivity contribution in [2.45, 2.75) is 25.9 Å². The molecule has 0 bridgehead atoms. The molecule has 0 aromatic heterocycles. The molecule has 0 aliphatic carbocycles. The largest absolute Gasteiger partial charge is 0.401 e. The second kappa shape index (κ2) is 5.27. The molecule has 0 saturated carbocycles. The van der Waals surface area contributed by atoms with Gasteiger partial charge < -0.3 is 0 Å². The lowest BCUT2D eigenvalue weighted by Crippen LogP contribution is -2.31. The Hall–Kier alpha value is -0.510. The van der Waals surface area contributed by atoms with E-state index in [0.29, 0.717) is 6.54 Å². The maximum atomic E-state index is 11.8. The van der Waals surface area contributed by atoms with E-state index in [4.69, 9.17) is 0 Å². The van der Waals surface area contributed by atoms with Crippen LogP contribution in [0.5, 0.6) is 0 Å². The Kier molecular flexibility index (Phi) is 5.06. The minimum atomic E-state index is -4.09. The Morgan fingerprint density at radius 3 is 2.31 bits per heavy atom. The second-order valence-corrected chi connectivity index (χ2v) is 3.41. The van der Waals surface area contributed by atoms with Gasteiger partial charge in [0.25, 0.3) is 0 Å². The van der Waals surface area contributed by atoms with E-state index in [1.54, 1.807) is 0 Å². The van der Waals surface area contributed by atoms with E-state index in [2.05, 4.69) is 6.58 Å². The Morgan fingerprint density at radius 2 is 1.92 bits per heavy atom. The molecule has 0 unspecified atom stereocenters. The van der Waals surface area contributed by atoms with Gasteiger partial charge in [-0.15, -0.1) is 6.58 Å². The van der Waals surface area contributed by atoms with E-state index < -0.39 is 12.7 Å². The van der Waals surface area contributed by atoms with Crippen LogP contribution in [-0.4, -0.2) is 31.2 Å². The molecule has 0 aliphatic rings. The fourth-order valence-electron chi connectivity index (χ4n) is 1.04. The van der Waals surface area contributed by atoms with Crippen LogP contribution in [0.3, 0.4) is 0 Å². The third kappa shape index (κ3) is 9.40. The van der Waals surface area contributed by atoms with Gasteiger partial charge in [0.05, 0.1) is 6.54 Å². The van der Waals surface area contributed by atoms with Crippen LogP contribution in [-0.2, 0) is 0 Å². The van der Waals surface area contributed by atoms with Gasteiger partial charge in [0.2, 0.25) is 0 Å². The minimum Gasteiger partial charge on any atom is -0.298 e. The first kappa shape index (κ1) is 12.5. The molecule has 0 aliphatic heterocycles. The van der Waals surface area contributed by atoms with Gasteiger partial charge >= 0.3 is 6.18 Å². The number of alkyl halides is 3. The van der Waals surface area contributed by atoms with Crippen molar-refractivity contribution in [1.29, 1.82) is 0 Å². The predicted molar refractivity (Wildman–Crippen MR) is 47.6 cm³/mol. The van der Waals surface area contributed by atoms with E-state index in [1.165, 1.54) is 11.9 Å². The number of nitrogens with zero attached hydrogens (tertiary/aromatic N) is 1. The zero-order valence-corrected chi connectivity index (χ0v) is 8.12. The van der Waals surface area contributed by atoms with E-state index >= 15 is 0 Å². The van der Waals surface area contributed by atoms with E-state index in [9.17, 15) is 13.2 Å². The minimum absolute atomic E-state index is 0.465. The summed E-state index contributed by atoms with van der Waals surface area (Å²) in [6, 6.07) is 0. The van der Waals surface area contributed by atoms with Crippen molar-refractivity contribution < 1.29 is 13.2 Å². The quantitative estimate of drug-likeness (QED) is 0.610. The average molecular weight is 195 g/mol. The summed E-state index contributed by atoms with van der Waals surface area (Å²) in [7, 11) is 1.48. The van der Waals surface area contributed by atoms with Crippen LogP contribution in [0.25, 0.3) is 0 Å². The third-order valence-electron chi connectivity index (χ3n) is 1.59. The van der Waals surface area contributed by atoms with E-state index in [-0.39, 0.29) is 0 Å². The summed E-state index contributed by atoms with van der Waals surface area (Å²) in [5, 5.41) is 0. The summed E-state index contributed by atoms with van der Waals surface area (Å²) >= 11 is 0. The molecule has 0 saturated heterocycles. The number of hydrogen-bond acceptors (Lipinski definition) is 1. The van der Waals surface area contributed by atoms with Gasteiger partial charge in [-0.1, -0.05) is 5.57 Å². The van der Waals surface area contributed by atoms with Gasteiger partial charge in [0.1, 0.15) is 0 Å². The summed E-state index contributed by atoms with van der Waals surface area (Å²) in [5.41, 5.74) is 1.01. The Balaban J connectivity index is 3.52. The molecule has 0 aromatic rings. The fraction of sp³-hybridized carbons (Fsp3) is 0.778.